The fraction of sp³-hybridized carbons (Fsp3) is 0.733. The molecule has 0 amide bonds. The number of fused-ring (bicyclic) bond motifs is 3. The molecule has 3 rings (SSSR count). The van der Waals surface area contributed by atoms with Crippen molar-refractivity contribution in [2.45, 2.75) is 58.3 Å². The van der Waals surface area contributed by atoms with Crippen molar-refractivity contribution >= 4 is 0 Å². The van der Waals surface area contributed by atoms with Crippen LogP contribution in [0.3, 0.4) is 0 Å². The van der Waals surface area contributed by atoms with Crippen LogP contribution in [0.25, 0.3) is 0 Å². The molecule has 0 aromatic carbocycles. The molecule has 2 aliphatic rings. The summed E-state index contributed by atoms with van der Waals surface area (Å²) in [5, 5.41) is 0. The van der Waals surface area contributed by atoms with Crippen molar-refractivity contribution in [3.63, 3.8) is 0 Å². The highest BCUT2D eigenvalue weighted by molar-refractivity contribution is 5.35. The molecule has 1 heterocycles. The Bertz CT molecular complexity index is 401. The Morgan fingerprint density at radius 3 is 2.81 bits per heavy atom. The van der Waals surface area contributed by atoms with Crippen LogP contribution in [0, 0.1) is 11.3 Å². The highest BCUT2D eigenvalue weighted by Crippen LogP contribution is 2.57. The van der Waals surface area contributed by atoms with Gasteiger partial charge in [-0.2, -0.15) is 0 Å². The molecule has 2 atom stereocenters. The lowest BCUT2D eigenvalue weighted by Crippen LogP contribution is -2.47. The lowest BCUT2D eigenvalue weighted by molar-refractivity contribution is 0.0409. The molecule has 1 heteroatoms. The number of rotatable bonds is 0. The first-order chi connectivity index (χ1) is 7.54. The maximum Gasteiger partial charge on any atom is 0.0943 e. The molecule has 1 aromatic rings. The molecule has 2 aliphatic carbocycles. The number of aryl methyl sites for hydroxylation is 1. The smallest absolute Gasteiger partial charge is 0.0943 e. The Kier molecular flexibility index (Phi) is 2.05. The van der Waals surface area contributed by atoms with Gasteiger partial charge in [0.15, 0.2) is 0 Å². The molecule has 0 N–H and O–H groups in total. The molecule has 1 saturated carbocycles. The van der Waals surface area contributed by atoms with E-state index in [9.17, 15) is 0 Å². The number of hydrogen-bond donors (Lipinski definition) is 0. The third-order valence-electron chi connectivity index (χ3n) is 5.29. The SMILES string of the molecule is CC1(C)CCC[C@]2(C)c3cocc3CC[C@@H]12. The third-order valence-corrected chi connectivity index (χ3v) is 5.29. The Labute approximate surface area is 98.2 Å². The quantitative estimate of drug-likeness (QED) is 0.632. The van der Waals surface area contributed by atoms with E-state index in [4.69, 9.17) is 4.42 Å². The normalized spacial score (nSPS) is 36.6. The summed E-state index contributed by atoms with van der Waals surface area (Å²) >= 11 is 0. The summed E-state index contributed by atoms with van der Waals surface area (Å²) in [5.41, 5.74) is 3.86. The first-order valence-corrected chi connectivity index (χ1v) is 6.60. The van der Waals surface area contributed by atoms with Gasteiger partial charge in [-0.15, -0.1) is 0 Å². The highest BCUT2D eigenvalue weighted by Gasteiger charge is 2.50. The maximum atomic E-state index is 5.45. The van der Waals surface area contributed by atoms with Crippen LogP contribution < -0.4 is 0 Å². The van der Waals surface area contributed by atoms with Crippen molar-refractivity contribution < 1.29 is 4.42 Å². The maximum absolute atomic E-state index is 5.45. The van der Waals surface area contributed by atoms with Crippen molar-refractivity contribution in [2.75, 3.05) is 0 Å². The molecule has 0 spiro atoms. The Morgan fingerprint density at radius 2 is 2.00 bits per heavy atom. The largest absolute Gasteiger partial charge is 0.472 e. The second-order valence-corrected chi connectivity index (χ2v) is 6.66. The van der Waals surface area contributed by atoms with E-state index in [2.05, 4.69) is 20.8 Å². The van der Waals surface area contributed by atoms with Crippen molar-refractivity contribution in [2.24, 2.45) is 11.3 Å². The molecule has 0 radical (unpaired) electrons. The van der Waals surface area contributed by atoms with Gasteiger partial charge in [-0.3, -0.25) is 0 Å². The first kappa shape index (κ1) is 10.4. The van der Waals surface area contributed by atoms with E-state index in [1.54, 1.807) is 0 Å². The summed E-state index contributed by atoms with van der Waals surface area (Å²) in [6, 6.07) is 0. The van der Waals surface area contributed by atoms with E-state index in [1.807, 2.05) is 12.5 Å². The van der Waals surface area contributed by atoms with E-state index in [1.165, 1.54) is 43.2 Å². The summed E-state index contributed by atoms with van der Waals surface area (Å²) in [6.45, 7) is 7.38. The summed E-state index contributed by atoms with van der Waals surface area (Å²) in [5.74, 6) is 0.832. The second-order valence-electron chi connectivity index (χ2n) is 6.66. The summed E-state index contributed by atoms with van der Waals surface area (Å²) < 4.78 is 5.45. The van der Waals surface area contributed by atoms with E-state index >= 15 is 0 Å². The van der Waals surface area contributed by atoms with Crippen LogP contribution in [0.5, 0.6) is 0 Å². The predicted molar refractivity (Wildman–Crippen MR) is 65.5 cm³/mol. The van der Waals surface area contributed by atoms with Gasteiger partial charge in [0.25, 0.3) is 0 Å². The molecule has 1 nitrogen and oxygen atoms in total. The van der Waals surface area contributed by atoms with Crippen molar-refractivity contribution in [3.8, 4) is 0 Å². The molecule has 0 aliphatic heterocycles. The fourth-order valence-electron chi connectivity index (χ4n) is 4.47. The van der Waals surface area contributed by atoms with Gasteiger partial charge in [-0.25, -0.2) is 0 Å². The molecule has 16 heavy (non-hydrogen) atoms. The van der Waals surface area contributed by atoms with Gasteiger partial charge >= 0.3 is 0 Å². The zero-order valence-corrected chi connectivity index (χ0v) is 10.7. The van der Waals surface area contributed by atoms with Gasteiger partial charge in [0.2, 0.25) is 0 Å². The van der Waals surface area contributed by atoms with Crippen LogP contribution in [0.15, 0.2) is 16.9 Å². The van der Waals surface area contributed by atoms with Crippen molar-refractivity contribution in [1.82, 2.24) is 0 Å². The topological polar surface area (TPSA) is 13.1 Å². The van der Waals surface area contributed by atoms with Gasteiger partial charge in [0.1, 0.15) is 0 Å². The average Bonchev–Trinajstić information content (AvgIpc) is 2.65. The zero-order chi connectivity index (χ0) is 11.4. The standard InChI is InChI=1S/C15H22O/c1-14(2)7-4-8-15(3)12-10-16-9-11(12)5-6-13(14)15/h9-10,13H,4-8H2,1-3H3/t13-,15+/m0/s1. The molecule has 1 aromatic heterocycles. The number of furan rings is 1. The first-order valence-electron chi connectivity index (χ1n) is 6.60. The fourth-order valence-corrected chi connectivity index (χ4v) is 4.47. The molecule has 0 saturated heterocycles. The van der Waals surface area contributed by atoms with Crippen LogP contribution in [0.2, 0.25) is 0 Å². The highest BCUT2D eigenvalue weighted by atomic mass is 16.3. The Hall–Kier alpha value is -0.720. The average molecular weight is 218 g/mol. The minimum atomic E-state index is 0.377. The lowest BCUT2D eigenvalue weighted by Gasteiger charge is -2.53. The predicted octanol–water partition coefficient (Wildman–Crippen LogP) is 4.31. The lowest BCUT2D eigenvalue weighted by atomic mass is 9.51. The van der Waals surface area contributed by atoms with Crippen LogP contribution in [-0.2, 0) is 11.8 Å². The van der Waals surface area contributed by atoms with E-state index in [-0.39, 0.29) is 0 Å². The minimum absolute atomic E-state index is 0.377. The van der Waals surface area contributed by atoms with E-state index in [0.717, 1.165) is 5.92 Å². The summed E-state index contributed by atoms with van der Waals surface area (Å²) in [4.78, 5) is 0. The monoisotopic (exact) mass is 218 g/mol. The van der Waals surface area contributed by atoms with Gasteiger partial charge in [0.05, 0.1) is 12.5 Å². The van der Waals surface area contributed by atoms with Gasteiger partial charge in [-0.05, 0) is 53.6 Å². The Morgan fingerprint density at radius 1 is 1.19 bits per heavy atom. The van der Waals surface area contributed by atoms with Crippen LogP contribution in [0.4, 0.5) is 0 Å². The molecule has 0 bridgehead atoms. The summed E-state index contributed by atoms with van der Waals surface area (Å²) in [7, 11) is 0. The third kappa shape index (κ3) is 1.23. The van der Waals surface area contributed by atoms with Gasteiger partial charge in [0, 0.05) is 0 Å². The zero-order valence-electron chi connectivity index (χ0n) is 10.7. The minimum Gasteiger partial charge on any atom is -0.472 e. The van der Waals surface area contributed by atoms with Crippen LogP contribution in [-0.4, -0.2) is 0 Å². The molecule has 0 unspecified atom stereocenters. The van der Waals surface area contributed by atoms with Crippen LogP contribution in [0.1, 0.15) is 57.6 Å². The molecule has 1 fully saturated rings. The molecular weight excluding hydrogens is 196 g/mol. The van der Waals surface area contributed by atoms with Crippen molar-refractivity contribution in [1.29, 1.82) is 0 Å². The van der Waals surface area contributed by atoms with Crippen molar-refractivity contribution in [3.05, 3.63) is 23.7 Å². The second kappa shape index (κ2) is 3.15. The Balaban J connectivity index is 2.09. The van der Waals surface area contributed by atoms with E-state index < -0.39 is 0 Å². The summed E-state index contributed by atoms with van der Waals surface area (Å²) in [6.07, 6.45) is 10.6. The molecule has 88 valence electrons. The van der Waals surface area contributed by atoms with Crippen LogP contribution >= 0.6 is 0 Å². The molecular formula is C15H22O. The van der Waals surface area contributed by atoms with E-state index in [0.29, 0.717) is 10.8 Å². The van der Waals surface area contributed by atoms with Gasteiger partial charge in [-0.1, -0.05) is 27.2 Å². The van der Waals surface area contributed by atoms with Gasteiger partial charge < -0.3 is 4.42 Å². The number of hydrogen-bond acceptors (Lipinski definition) is 1.